The molecule has 1 aliphatic carbocycles. The van der Waals surface area contributed by atoms with Gasteiger partial charge in [0.2, 0.25) is 23.1 Å². The zero-order valence-corrected chi connectivity index (χ0v) is 53.3. The molecule has 0 aliphatic heterocycles. The number of ketones is 14. The summed E-state index contributed by atoms with van der Waals surface area (Å²) < 4.78 is 24.2. The molecule has 1 aliphatic rings. The third-order valence-corrected chi connectivity index (χ3v) is 14.9. The van der Waals surface area contributed by atoms with Gasteiger partial charge in [-0.25, -0.2) is 8.42 Å². The molecule has 0 spiro atoms. The lowest BCUT2D eigenvalue weighted by Gasteiger charge is -2.11. The maximum atomic E-state index is 12.1. The predicted octanol–water partition coefficient (Wildman–Crippen LogP) is 3.49. The Morgan fingerprint density at radius 3 is 1.14 bits per heavy atom. The third kappa shape index (κ3) is 34.9. The van der Waals surface area contributed by atoms with Gasteiger partial charge in [-0.2, -0.15) is 0 Å². The number of benzene rings is 2. The highest BCUT2D eigenvalue weighted by atomic mass is 32.2. The zero-order valence-electron chi connectivity index (χ0n) is 52.5. The first-order valence-electron chi connectivity index (χ1n) is 28.4. The summed E-state index contributed by atoms with van der Waals surface area (Å²) in [6.07, 6.45) is 4.16. The van der Waals surface area contributed by atoms with Crippen LogP contribution in [-0.2, 0) is 77.0 Å². The second-order valence-corrected chi connectivity index (χ2v) is 23.0. The van der Waals surface area contributed by atoms with Crippen molar-refractivity contribution < 1.29 is 80.3 Å². The monoisotopic (exact) mass is 1220 g/mol. The first-order valence-corrected chi connectivity index (χ1v) is 30.1. The van der Waals surface area contributed by atoms with Crippen molar-refractivity contribution in [3.05, 3.63) is 65.7 Å². The highest BCUT2D eigenvalue weighted by Crippen LogP contribution is 2.30. The van der Waals surface area contributed by atoms with Gasteiger partial charge in [-0.1, -0.05) is 61.9 Å². The topological polar surface area (TPSA) is 362 Å². The van der Waals surface area contributed by atoms with Crippen LogP contribution in [0.3, 0.4) is 0 Å². The molecule has 0 radical (unpaired) electrons. The number of hydrogen-bond acceptors (Lipinski definition) is 22. The smallest absolute Gasteiger partial charge is 0.288 e. The lowest BCUT2D eigenvalue weighted by molar-refractivity contribution is -0.137. The molecule has 0 heterocycles. The molecule has 23 nitrogen and oxygen atoms in total. The summed E-state index contributed by atoms with van der Waals surface area (Å²) in [5, 5.41) is 16.1. The van der Waals surface area contributed by atoms with Crippen LogP contribution >= 0.6 is 0 Å². The Morgan fingerprint density at radius 2 is 0.802 bits per heavy atom. The number of hydrogen-bond donors (Lipinski definition) is 6. The molecule has 1 fully saturated rings. The lowest BCUT2D eigenvalue weighted by atomic mass is 9.99. The van der Waals surface area contributed by atoms with Crippen molar-refractivity contribution in [2.24, 2.45) is 11.8 Å². The van der Waals surface area contributed by atoms with Crippen molar-refractivity contribution in [1.82, 2.24) is 31.9 Å². The van der Waals surface area contributed by atoms with E-state index in [-0.39, 0.29) is 131 Å². The largest absolute Gasteiger partial charge is 0.335 e. The summed E-state index contributed by atoms with van der Waals surface area (Å²) in [6, 6.07) is 12.8. The van der Waals surface area contributed by atoms with E-state index in [4.69, 9.17) is 0 Å². The van der Waals surface area contributed by atoms with E-state index in [9.17, 15) is 80.3 Å². The van der Waals surface area contributed by atoms with Crippen LogP contribution in [-0.4, -0.2) is 167 Å². The molecule has 3 rings (SSSR count). The summed E-state index contributed by atoms with van der Waals surface area (Å²) in [4.78, 5) is 169. The van der Waals surface area contributed by atoms with E-state index < -0.39 is 56.6 Å². The summed E-state index contributed by atoms with van der Waals surface area (Å²) in [7, 11) is 4.55. The molecule has 0 aromatic heterocycles. The lowest BCUT2D eigenvalue weighted by Crippen LogP contribution is -2.37. The quantitative estimate of drug-likeness (QED) is 0.0416. The summed E-state index contributed by atoms with van der Waals surface area (Å²) in [6.45, 7) is 14.1. The molecule has 24 heteroatoms. The Morgan fingerprint density at radius 1 is 0.453 bits per heavy atom. The minimum absolute atomic E-state index is 0.00386. The second kappa shape index (κ2) is 43.6. The van der Waals surface area contributed by atoms with E-state index in [0.717, 1.165) is 18.4 Å². The molecule has 1 amide bonds. The molecule has 2 aromatic rings. The van der Waals surface area contributed by atoms with E-state index >= 15 is 0 Å². The number of rotatable bonds is 37. The van der Waals surface area contributed by atoms with Crippen molar-refractivity contribution in [1.29, 1.82) is 0 Å². The molecule has 1 saturated carbocycles. The standard InChI is InChI=1S/C16H22N2O5S.C14H17NO3.C12H21NO3.C11H17NO3.C9H15NO3/c1-11-4-6-13(7-5-11)24(22,23)10-18-16(21)15(20)9-8-14(17-3)12(2)19;1-10(16)12(15-2)8-9-13(17)14(18)11-6-4-3-5-7-11;1-8(2)7-12(16)11(15)6-5-10(13-4)9(3)14;1-7(13)9(12-2)5-6-10(14)11(15)8-3-4-8;1-6(11)8(10-3)4-5-9(13)7(2)12/h4-7,14,17H,8-10H2,1-3H3,(H,18,21);3-7,12,15H,8-9H2,1-2H3;8,10,13H,5-7H2,1-4H3;8-9,12H,3-6H2,1-2H3;8,10H,4-5H2,1-3H3/t14-;12-;10-;9-;8-/m00000/s1. The number of nitrogens with one attached hydrogen (secondary N) is 6. The van der Waals surface area contributed by atoms with E-state index in [1.165, 1.54) is 53.7 Å². The molecule has 478 valence electrons. The number of carbonyl (C=O) groups excluding carboxylic acids is 15. The Hall–Kier alpha value is -6.96. The number of likely N-dealkylation sites (N-methyl/N-ethyl adjacent to an activating group) is 5. The van der Waals surface area contributed by atoms with Crippen LogP contribution in [0, 0.1) is 18.8 Å². The van der Waals surface area contributed by atoms with Crippen LogP contribution in [0.4, 0.5) is 0 Å². The zero-order chi connectivity index (χ0) is 66.4. The van der Waals surface area contributed by atoms with Crippen molar-refractivity contribution >= 4 is 96.7 Å². The molecule has 0 bridgehead atoms. The SMILES string of the molecule is CN[C@@H](CCC(=O)C(=O)C1CC1)C(C)=O.CN[C@@H](CCC(=O)C(=O)CC(C)C)C(C)=O.CN[C@@H](CCC(=O)C(=O)NCS(=O)(=O)c1ccc(C)cc1)C(C)=O.CN[C@@H](CCC(=O)C(=O)c1ccccc1)C(C)=O.CN[C@@H](CCC(=O)C(C)=O)C(C)=O. The second-order valence-electron chi connectivity index (χ2n) is 21.1. The Labute approximate surface area is 506 Å². The van der Waals surface area contributed by atoms with Crippen molar-refractivity contribution in [3.8, 4) is 0 Å². The van der Waals surface area contributed by atoms with E-state index in [1.807, 2.05) is 20.8 Å². The fourth-order valence-electron chi connectivity index (χ4n) is 7.69. The molecule has 5 atom stereocenters. The molecule has 0 unspecified atom stereocenters. The van der Waals surface area contributed by atoms with Gasteiger partial charge in [0.1, 0.15) is 34.8 Å². The molecule has 6 N–H and O–H groups in total. The minimum Gasteiger partial charge on any atom is -0.335 e. The van der Waals surface area contributed by atoms with Gasteiger partial charge < -0.3 is 31.9 Å². The van der Waals surface area contributed by atoms with Gasteiger partial charge in [0.05, 0.1) is 35.1 Å². The summed E-state index contributed by atoms with van der Waals surface area (Å²) in [5.41, 5.74) is 1.31. The van der Waals surface area contributed by atoms with Gasteiger partial charge in [0, 0.05) is 56.9 Å². The highest BCUT2D eigenvalue weighted by molar-refractivity contribution is 7.91. The van der Waals surface area contributed by atoms with Crippen LogP contribution in [0.1, 0.15) is 155 Å². The summed E-state index contributed by atoms with van der Waals surface area (Å²) >= 11 is 0. The Kier molecular flexibility index (Phi) is 41.1. The van der Waals surface area contributed by atoms with Crippen molar-refractivity contribution in [3.63, 3.8) is 0 Å². The molecule has 86 heavy (non-hydrogen) atoms. The Bertz CT molecular complexity index is 2760. The van der Waals surface area contributed by atoms with Crippen LogP contribution in [0.25, 0.3) is 0 Å². The maximum absolute atomic E-state index is 12.1. The van der Waals surface area contributed by atoms with Crippen LogP contribution in [0.15, 0.2) is 59.5 Å². The number of aryl methyl sites for hydroxylation is 1. The fraction of sp³-hybridized carbons (Fsp3) is 0.565. The van der Waals surface area contributed by atoms with Crippen LogP contribution in [0.5, 0.6) is 0 Å². The van der Waals surface area contributed by atoms with Gasteiger partial charge in [0.15, 0.2) is 38.8 Å². The number of amides is 1. The van der Waals surface area contributed by atoms with Gasteiger partial charge in [-0.05, 0) is 140 Å². The normalized spacial score (nSPS) is 13.2. The van der Waals surface area contributed by atoms with E-state index in [0.29, 0.717) is 37.7 Å². The maximum Gasteiger partial charge on any atom is 0.288 e. The van der Waals surface area contributed by atoms with Crippen LogP contribution in [0.2, 0.25) is 0 Å². The van der Waals surface area contributed by atoms with E-state index in [2.05, 4.69) is 31.9 Å². The van der Waals surface area contributed by atoms with Crippen LogP contribution < -0.4 is 31.9 Å². The number of sulfone groups is 1. The first kappa shape index (κ1) is 81.1. The van der Waals surface area contributed by atoms with Gasteiger partial charge in [-0.15, -0.1) is 0 Å². The van der Waals surface area contributed by atoms with Gasteiger partial charge in [0.25, 0.3) is 5.91 Å². The highest BCUT2D eigenvalue weighted by Gasteiger charge is 2.34. The third-order valence-electron chi connectivity index (χ3n) is 13.4. The number of carbonyl (C=O) groups is 15. The van der Waals surface area contributed by atoms with E-state index in [1.54, 1.807) is 77.7 Å². The molecular formula is C62H92N6O17S. The van der Waals surface area contributed by atoms with Gasteiger partial charge >= 0.3 is 0 Å². The summed E-state index contributed by atoms with van der Waals surface area (Å²) in [5.74, 6) is -5.43. The molecular weight excluding hydrogens is 1130 g/mol. The molecule has 2 aromatic carbocycles. The first-order chi connectivity index (χ1) is 40.1. The van der Waals surface area contributed by atoms with Crippen molar-refractivity contribution in [2.75, 3.05) is 41.1 Å². The molecule has 0 saturated heterocycles. The van der Waals surface area contributed by atoms with Gasteiger partial charge in [-0.3, -0.25) is 71.9 Å². The average Bonchev–Trinajstić information content (AvgIpc) is 3.92. The average molecular weight is 1230 g/mol. The predicted molar refractivity (Wildman–Crippen MR) is 324 cm³/mol. The fourth-order valence-corrected chi connectivity index (χ4v) is 8.73. The van der Waals surface area contributed by atoms with Crippen molar-refractivity contribution in [2.45, 2.75) is 181 Å². The minimum atomic E-state index is -3.71. The Balaban J connectivity index is 0. The number of Topliss-reactive ketones (excluding diaryl/α,β-unsaturated/α-hetero) is 14.